The van der Waals surface area contributed by atoms with E-state index in [9.17, 15) is 13.6 Å². The Morgan fingerprint density at radius 3 is 2.75 bits per heavy atom. The summed E-state index contributed by atoms with van der Waals surface area (Å²) in [7, 11) is 0. The standard InChI is InChI=1S/C17H18F2N4O/c1-11(12-5-6-13(18)14(19)10-12)22-16(24)15-4-2-9-23(15)17-20-7-3-8-21-17/h3,5-8,10-11,15H,2,4,9H2,1H3,(H,22,24)/t11-,15-/m1/s1. The first kappa shape index (κ1) is 16.3. The van der Waals surface area contributed by atoms with Crippen LogP contribution in [0, 0.1) is 11.6 Å². The highest BCUT2D eigenvalue weighted by molar-refractivity contribution is 5.85. The molecule has 2 atom stereocenters. The molecule has 0 unspecified atom stereocenters. The van der Waals surface area contributed by atoms with Gasteiger partial charge < -0.3 is 10.2 Å². The third kappa shape index (κ3) is 3.34. The summed E-state index contributed by atoms with van der Waals surface area (Å²) < 4.78 is 26.4. The van der Waals surface area contributed by atoms with E-state index in [1.807, 2.05) is 4.90 Å². The lowest BCUT2D eigenvalue weighted by molar-refractivity contribution is -0.122. The summed E-state index contributed by atoms with van der Waals surface area (Å²) in [6.07, 6.45) is 4.85. The van der Waals surface area contributed by atoms with Crippen molar-refractivity contribution in [2.24, 2.45) is 0 Å². The fourth-order valence-electron chi connectivity index (χ4n) is 2.89. The first-order chi connectivity index (χ1) is 11.6. The van der Waals surface area contributed by atoms with Gasteiger partial charge in [0.05, 0.1) is 6.04 Å². The molecule has 2 heterocycles. The lowest BCUT2D eigenvalue weighted by Gasteiger charge is -2.25. The molecule has 7 heteroatoms. The second-order valence-corrected chi connectivity index (χ2v) is 5.80. The van der Waals surface area contributed by atoms with E-state index < -0.39 is 17.7 Å². The number of nitrogens with one attached hydrogen (secondary N) is 1. The molecule has 0 spiro atoms. The van der Waals surface area contributed by atoms with Crippen molar-refractivity contribution in [1.29, 1.82) is 0 Å². The minimum absolute atomic E-state index is 0.169. The highest BCUT2D eigenvalue weighted by Gasteiger charge is 2.33. The van der Waals surface area contributed by atoms with E-state index in [1.54, 1.807) is 25.4 Å². The van der Waals surface area contributed by atoms with Crippen LogP contribution in [-0.2, 0) is 4.79 Å². The highest BCUT2D eigenvalue weighted by Crippen LogP contribution is 2.23. The lowest BCUT2D eigenvalue weighted by atomic mass is 10.1. The van der Waals surface area contributed by atoms with Crippen molar-refractivity contribution in [1.82, 2.24) is 15.3 Å². The molecule has 0 bridgehead atoms. The van der Waals surface area contributed by atoms with Gasteiger partial charge in [0.25, 0.3) is 0 Å². The van der Waals surface area contributed by atoms with Crippen molar-refractivity contribution in [3.8, 4) is 0 Å². The molecule has 126 valence electrons. The van der Waals surface area contributed by atoms with Crippen LogP contribution in [0.2, 0.25) is 0 Å². The molecule has 0 aliphatic carbocycles. The summed E-state index contributed by atoms with van der Waals surface area (Å²) in [5.41, 5.74) is 0.516. The van der Waals surface area contributed by atoms with Crippen molar-refractivity contribution in [3.05, 3.63) is 53.9 Å². The van der Waals surface area contributed by atoms with E-state index in [1.165, 1.54) is 6.07 Å². The molecule has 1 aliphatic heterocycles. The fourth-order valence-corrected chi connectivity index (χ4v) is 2.89. The summed E-state index contributed by atoms with van der Waals surface area (Å²) in [6.45, 7) is 2.45. The average Bonchev–Trinajstić information content (AvgIpc) is 3.08. The van der Waals surface area contributed by atoms with Crippen LogP contribution in [0.4, 0.5) is 14.7 Å². The zero-order valence-electron chi connectivity index (χ0n) is 13.2. The van der Waals surface area contributed by atoms with Crippen LogP contribution in [0.15, 0.2) is 36.7 Å². The number of anilines is 1. The Balaban J connectivity index is 1.70. The molecule has 1 aromatic carbocycles. The van der Waals surface area contributed by atoms with Gasteiger partial charge >= 0.3 is 0 Å². The summed E-state index contributed by atoms with van der Waals surface area (Å²) in [4.78, 5) is 22.8. The second-order valence-electron chi connectivity index (χ2n) is 5.80. The normalized spacial score (nSPS) is 18.5. The Bertz CT molecular complexity index is 726. The van der Waals surface area contributed by atoms with Crippen LogP contribution in [0.3, 0.4) is 0 Å². The van der Waals surface area contributed by atoms with Crippen molar-refractivity contribution in [3.63, 3.8) is 0 Å². The quantitative estimate of drug-likeness (QED) is 0.935. The maximum Gasteiger partial charge on any atom is 0.243 e. The summed E-state index contributed by atoms with van der Waals surface area (Å²) in [5, 5.41) is 2.86. The first-order valence-electron chi connectivity index (χ1n) is 7.85. The molecule has 1 N–H and O–H groups in total. The maximum absolute atomic E-state index is 13.3. The van der Waals surface area contributed by atoms with E-state index in [0.717, 1.165) is 18.6 Å². The topological polar surface area (TPSA) is 58.1 Å². The number of carbonyl (C=O) groups excluding carboxylic acids is 1. The molecule has 3 rings (SSSR count). The smallest absolute Gasteiger partial charge is 0.243 e. The van der Waals surface area contributed by atoms with Crippen LogP contribution < -0.4 is 10.2 Å². The molecule has 2 aromatic rings. The van der Waals surface area contributed by atoms with E-state index in [2.05, 4.69) is 15.3 Å². The Hall–Kier alpha value is -2.57. The molecule has 1 aromatic heterocycles. The van der Waals surface area contributed by atoms with Gasteiger partial charge in [0.1, 0.15) is 6.04 Å². The molecule has 1 saturated heterocycles. The zero-order chi connectivity index (χ0) is 17.1. The van der Waals surface area contributed by atoms with Gasteiger partial charge in [-0.3, -0.25) is 4.79 Å². The van der Waals surface area contributed by atoms with E-state index >= 15 is 0 Å². The van der Waals surface area contributed by atoms with Gasteiger partial charge in [-0.1, -0.05) is 6.07 Å². The van der Waals surface area contributed by atoms with Gasteiger partial charge in [0.2, 0.25) is 11.9 Å². The molecular formula is C17H18F2N4O. The van der Waals surface area contributed by atoms with Crippen LogP contribution in [-0.4, -0.2) is 28.5 Å². The molecule has 1 amide bonds. The largest absolute Gasteiger partial charge is 0.348 e. The Kier molecular flexibility index (Phi) is 4.69. The number of amides is 1. The van der Waals surface area contributed by atoms with Crippen LogP contribution >= 0.6 is 0 Å². The van der Waals surface area contributed by atoms with Crippen LogP contribution in [0.5, 0.6) is 0 Å². The highest BCUT2D eigenvalue weighted by atomic mass is 19.2. The van der Waals surface area contributed by atoms with E-state index in [4.69, 9.17) is 0 Å². The zero-order valence-corrected chi connectivity index (χ0v) is 13.2. The maximum atomic E-state index is 13.3. The van der Waals surface area contributed by atoms with E-state index in [-0.39, 0.29) is 11.9 Å². The number of rotatable bonds is 4. The SMILES string of the molecule is C[C@@H](NC(=O)[C@H]1CCCN1c1ncccn1)c1ccc(F)c(F)c1. The van der Waals surface area contributed by atoms with Crippen molar-refractivity contribution < 1.29 is 13.6 Å². The summed E-state index contributed by atoms with van der Waals surface area (Å²) in [6, 6.07) is 4.57. The molecule has 0 radical (unpaired) electrons. The number of hydrogen-bond donors (Lipinski definition) is 1. The number of aromatic nitrogens is 2. The molecule has 1 fully saturated rings. The first-order valence-corrected chi connectivity index (χ1v) is 7.85. The summed E-state index contributed by atoms with van der Waals surface area (Å²) >= 11 is 0. The fraction of sp³-hybridized carbons (Fsp3) is 0.353. The van der Waals surface area contributed by atoms with Crippen molar-refractivity contribution >= 4 is 11.9 Å². The van der Waals surface area contributed by atoms with Crippen molar-refractivity contribution in [2.45, 2.75) is 31.8 Å². The lowest BCUT2D eigenvalue weighted by Crippen LogP contribution is -2.44. The number of halogens is 2. The van der Waals surface area contributed by atoms with Gasteiger partial charge in [-0.05, 0) is 43.5 Å². The minimum atomic E-state index is -0.922. The predicted molar refractivity (Wildman–Crippen MR) is 85.3 cm³/mol. The second kappa shape index (κ2) is 6.90. The van der Waals surface area contributed by atoms with Gasteiger partial charge in [0, 0.05) is 18.9 Å². The third-order valence-corrected chi connectivity index (χ3v) is 4.17. The Morgan fingerprint density at radius 1 is 1.29 bits per heavy atom. The molecule has 5 nitrogen and oxygen atoms in total. The Morgan fingerprint density at radius 2 is 2.04 bits per heavy atom. The van der Waals surface area contributed by atoms with Gasteiger partial charge in [-0.15, -0.1) is 0 Å². The molecular weight excluding hydrogens is 314 g/mol. The number of benzene rings is 1. The number of carbonyl (C=O) groups is 1. The van der Waals surface area contributed by atoms with Gasteiger partial charge in [-0.25, -0.2) is 18.7 Å². The average molecular weight is 332 g/mol. The monoisotopic (exact) mass is 332 g/mol. The predicted octanol–water partition coefficient (Wildman–Crippen LogP) is 2.60. The van der Waals surface area contributed by atoms with Gasteiger partial charge in [0.15, 0.2) is 11.6 Å². The number of nitrogens with zero attached hydrogens (tertiary/aromatic N) is 3. The molecule has 0 saturated carbocycles. The van der Waals surface area contributed by atoms with Crippen LogP contribution in [0.25, 0.3) is 0 Å². The van der Waals surface area contributed by atoms with Crippen molar-refractivity contribution in [2.75, 3.05) is 11.4 Å². The van der Waals surface area contributed by atoms with Crippen LogP contribution in [0.1, 0.15) is 31.4 Å². The third-order valence-electron chi connectivity index (χ3n) is 4.17. The molecule has 1 aliphatic rings. The Labute approximate surface area is 138 Å². The minimum Gasteiger partial charge on any atom is -0.348 e. The van der Waals surface area contributed by atoms with Gasteiger partial charge in [-0.2, -0.15) is 0 Å². The number of hydrogen-bond acceptors (Lipinski definition) is 4. The van der Waals surface area contributed by atoms with E-state index in [0.29, 0.717) is 24.5 Å². The molecule has 24 heavy (non-hydrogen) atoms. The summed E-state index contributed by atoms with van der Waals surface area (Å²) in [5.74, 6) is -1.47.